The third kappa shape index (κ3) is 3.50. The zero-order chi connectivity index (χ0) is 14.8. The molecule has 1 aromatic rings. The van der Waals surface area contributed by atoms with E-state index in [4.69, 9.17) is 10.5 Å². The summed E-state index contributed by atoms with van der Waals surface area (Å²) >= 11 is 0. The fourth-order valence-electron chi connectivity index (χ4n) is 2.55. The molecule has 1 aliphatic rings. The van der Waals surface area contributed by atoms with Gasteiger partial charge in [0.15, 0.2) is 0 Å². The highest BCUT2D eigenvalue weighted by molar-refractivity contribution is 7.88. The smallest absolute Gasteiger partial charge is 0.218 e. The summed E-state index contributed by atoms with van der Waals surface area (Å²) in [5.41, 5.74) is 6.60. The maximum absolute atomic E-state index is 12.5. The van der Waals surface area contributed by atoms with E-state index in [2.05, 4.69) is 0 Å². The Labute approximate surface area is 120 Å². The average Bonchev–Trinajstić information content (AvgIpc) is 2.38. The van der Waals surface area contributed by atoms with Crippen LogP contribution in [0, 0.1) is 0 Å². The lowest BCUT2D eigenvalue weighted by Crippen LogP contribution is -2.49. The Morgan fingerprint density at radius 3 is 2.85 bits per heavy atom. The second-order valence-corrected chi connectivity index (χ2v) is 7.56. The van der Waals surface area contributed by atoms with Crippen LogP contribution in [0.25, 0.3) is 0 Å². The molecule has 112 valence electrons. The van der Waals surface area contributed by atoms with Crippen molar-refractivity contribution in [3.63, 3.8) is 0 Å². The number of hydrogen-bond donors (Lipinski definition) is 1. The molecular formula is C14H22N2O3S. The van der Waals surface area contributed by atoms with Gasteiger partial charge in [0.2, 0.25) is 10.0 Å². The number of piperidine rings is 1. The summed E-state index contributed by atoms with van der Waals surface area (Å²) in [6.07, 6.45) is 1.70. The maximum atomic E-state index is 12.5. The van der Waals surface area contributed by atoms with Crippen molar-refractivity contribution in [2.24, 2.45) is 0 Å². The Morgan fingerprint density at radius 1 is 1.45 bits per heavy atom. The third-order valence-corrected chi connectivity index (χ3v) is 5.61. The Bertz CT molecular complexity index is 574. The topological polar surface area (TPSA) is 72.6 Å². The highest BCUT2D eigenvalue weighted by atomic mass is 32.2. The van der Waals surface area contributed by atoms with Gasteiger partial charge in [-0.2, -0.15) is 4.31 Å². The number of anilines is 1. The molecule has 0 aromatic heterocycles. The first kappa shape index (κ1) is 15.3. The maximum Gasteiger partial charge on any atom is 0.218 e. The molecule has 1 unspecified atom stereocenters. The van der Waals surface area contributed by atoms with Crippen LogP contribution < -0.4 is 5.73 Å². The van der Waals surface area contributed by atoms with E-state index < -0.39 is 10.0 Å². The van der Waals surface area contributed by atoms with Crippen molar-refractivity contribution in [2.75, 3.05) is 25.9 Å². The molecule has 20 heavy (non-hydrogen) atoms. The van der Waals surface area contributed by atoms with Crippen LogP contribution >= 0.6 is 0 Å². The molecule has 1 heterocycles. The number of nitrogens with two attached hydrogens (primary N) is 1. The zero-order valence-electron chi connectivity index (χ0n) is 12.0. The van der Waals surface area contributed by atoms with E-state index in [1.54, 1.807) is 31.4 Å². The second-order valence-electron chi connectivity index (χ2n) is 5.59. The number of methoxy groups -OCH3 is 1. The molecule has 0 aliphatic carbocycles. The number of nitrogen functional groups attached to an aromatic ring is 1. The zero-order valence-corrected chi connectivity index (χ0v) is 12.8. The number of hydrogen-bond acceptors (Lipinski definition) is 4. The monoisotopic (exact) mass is 298 g/mol. The van der Waals surface area contributed by atoms with Gasteiger partial charge in [-0.15, -0.1) is 0 Å². The van der Waals surface area contributed by atoms with Gasteiger partial charge in [-0.1, -0.05) is 12.1 Å². The van der Waals surface area contributed by atoms with Gasteiger partial charge >= 0.3 is 0 Å². The van der Waals surface area contributed by atoms with Crippen LogP contribution in [-0.2, 0) is 20.5 Å². The molecule has 1 saturated heterocycles. The minimum atomic E-state index is -3.34. The van der Waals surface area contributed by atoms with Gasteiger partial charge in [0.25, 0.3) is 0 Å². The first-order chi connectivity index (χ1) is 9.35. The fourth-order valence-corrected chi connectivity index (χ4v) is 4.21. The first-order valence-electron chi connectivity index (χ1n) is 6.72. The minimum Gasteiger partial charge on any atom is -0.399 e. The SMILES string of the molecule is COC1(C)CCCN(S(=O)(=O)Cc2cccc(N)c2)C1. The van der Waals surface area contributed by atoms with Gasteiger partial charge in [0, 0.05) is 25.9 Å². The predicted molar refractivity (Wildman–Crippen MR) is 79.7 cm³/mol. The van der Waals surface area contributed by atoms with Crippen LogP contribution in [0.15, 0.2) is 24.3 Å². The summed E-state index contributed by atoms with van der Waals surface area (Å²) < 4.78 is 32.0. The molecule has 0 amide bonds. The van der Waals surface area contributed by atoms with Crippen LogP contribution in [0.5, 0.6) is 0 Å². The van der Waals surface area contributed by atoms with Gasteiger partial charge in [0.05, 0.1) is 11.4 Å². The summed E-state index contributed by atoms with van der Waals surface area (Å²) in [5, 5.41) is 0. The fraction of sp³-hybridized carbons (Fsp3) is 0.571. The van der Waals surface area contributed by atoms with Crippen LogP contribution in [-0.4, -0.2) is 38.5 Å². The first-order valence-corrected chi connectivity index (χ1v) is 8.33. The summed E-state index contributed by atoms with van der Waals surface area (Å²) in [6.45, 7) is 2.92. The van der Waals surface area contributed by atoms with Crippen molar-refractivity contribution in [2.45, 2.75) is 31.1 Å². The summed E-state index contributed by atoms with van der Waals surface area (Å²) in [4.78, 5) is 0. The molecule has 2 N–H and O–H groups in total. The highest BCUT2D eigenvalue weighted by Gasteiger charge is 2.36. The number of rotatable bonds is 4. The van der Waals surface area contributed by atoms with E-state index in [1.165, 1.54) is 4.31 Å². The summed E-state index contributed by atoms with van der Waals surface area (Å²) in [5.74, 6) is -0.0160. The van der Waals surface area contributed by atoms with Gasteiger partial charge in [-0.05, 0) is 37.5 Å². The van der Waals surface area contributed by atoms with Crippen molar-refractivity contribution < 1.29 is 13.2 Å². The minimum absolute atomic E-state index is 0.0160. The Hall–Kier alpha value is -1.11. The lowest BCUT2D eigenvalue weighted by Gasteiger charge is -2.38. The number of benzene rings is 1. The Kier molecular flexibility index (Phi) is 4.36. The quantitative estimate of drug-likeness (QED) is 0.857. The molecule has 1 aliphatic heterocycles. The molecule has 0 radical (unpaired) electrons. The summed E-state index contributed by atoms with van der Waals surface area (Å²) in [7, 11) is -1.70. The van der Waals surface area contributed by atoms with Crippen molar-refractivity contribution in [3.8, 4) is 0 Å². The third-order valence-electron chi connectivity index (χ3n) is 3.81. The Balaban J connectivity index is 2.14. The van der Waals surface area contributed by atoms with E-state index >= 15 is 0 Å². The van der Waals surface area contributed by atoms with Crippen LogP contribution in [0.3, 0.4) is 0 Å². The van der Waals surface area contributed by atoms with Crippen LogP contribution in [0.1, 0.15) is 25.3 Å². The van der Waals surface area contributed by atoms with Crippen molar-refractivity contribution in [1.82, 2.24) is 4.31 Å². The highest BCUT2D eigenvalue weighted by Crippen LogP contribution is 2.27. The van der Waals surface area contributed by atoms with E-state index in [0.717, 1.165) is 18.4 Å². The van der Waals surface area contributed by atoms with Gasteiger partial charge in [-0.3, -0.25) is 0 Å². The van der Waals surface area contributed by atoms with Gasteiger partial charge < -0.3 is 10.5 Å². The van der Waals surface area contributed by atoms with Crippen LogP contribution in [0.2, 0.25) is 0 Å². The molecule has 2 rings (SSSR count). The van der Waals surface area contributed by atoms with Gasteiger partial charge in [-0.25, -0.2) is 8.42 Å². The second kappa shape index (κ2) is 5.71. The molecule has 1 aromatic carbocycles. The van der Waals surface area contributed by atoms with Crippen molar-refractivity contribution in [3.05, 3.63) is 29.8 Å². The summed E-state index contributed by atoms with van der Waals surface area (Å²) in [6, 6.07) is 7.01. The molecule has 0 saturated carbocycles. The van der Waals surface area contributed by atoms with E-state index in [-0.39, 0.29) is 11.4 Å². The predicted octanol–water partition coefficient (Wildman–Crippen LogP) is 1.60. The Morgan fingerprint density at radius 2 is 2.20 bits per heavy atom. The lowest BCUT2D eigenvalue weighted by molar-refractivity contribution is -0.0319. The number of ether oxygens (including phenoxy) is 1. The average molecular weight is 298 g/mol. The van der Waals surface area contributed by atoms with Crippen LogP contribution in [0.4, 0.5) is 5.69 Å². The molecule has 6 heteroatoms. The molecule has 0 spiro atoms. The largest absolute Gasteiger partial charge is 0.399 e. The lowest BCUT2D eigenvalue weighted by atomic mass is 9.96. The van der Waals surface area contributed by atoms with Gasteiger partial charge in [0.1, 0.15) is 0 Å². The normalized spacial score (nSPS) is 24.7. The van der Waals surface area contributed by atoms with Crippen molar-refractivity contribution in [1.29, 1.82) is 0 Å². The van der Waals surface area contributed by atoms with Crippen molar-refractivity contribution >= 4 is 15.7 Å². The van der Waals surface area contributed by atoms with E-state index in [1.807, 2.05) is 6.92 Å². The molecule has 1 fully saturated rings. The standard InChI is InChI=1S/C14H22N2O3S/c1-14(19-2)7-4-8-16(11-14)20(17,18)10-12-5-3-6-13(15)9-12/h3,5-6,9H,4,7-8,10-11,15H2,1-2H3. The van der Waals surface area contributed by atoms with E-state index in [9.17, 15) is 8.42 Å². The molecule has 5 nitrogen and oxygen atoms in total. The number of sulfonamides is 1. The molecule has 1 atom stereocenters. The number of nitrogens with zero attached hydrogens (tertiary/aromatic N) is 1. The van der Waals surface area contributed by atoms with E-state index in [0.29, 0.717) is 18.8 Å². The molecule has 0 bridgehead atoms. The molecular weight excluding hydrogens is 276 g/mol.